The van der Waals surface area contributed by atoms with Gasteiger partial charge in [-0.05, 0) is 43.2 Å². The van der Waals surface area contributed by atoms with E-state index in [1.165, 1.54) is 0 Å². The summed E-state index contributed by atoms with van der Waals surface area (Å²) in [6.45, 7) is 7.76. The van der Waals surface area contributed by atoms with Crippen LogP contribution in [0.1, 0.15) is 27.9 Å². The minimum Gasteiger partial charge on any atom is -0.486 e. The fourth-order valence-electron chi connectivity index (χ4n) is 2.46. The van der Waals surface area contributed by atoms with Gasteiger partial charge in [0.2, 0.25) is 0 Å². The van der Waals surface area contributed by atoms with Crippen molar-refractivity contribution in [3.8, 4) is 17.0 Å². The standard InChI is InChI=1S/C21H19NO2S/c1-14(2)21(23)17-9-10-19(15(3)11-17)24-12-20-22-18(13-25-20)16-7-5-4-6-8-16/h4-11,13H,1,12H2,2-3H3. The second-order valence-corrected chi connectivity index (χ2v) is 6.81. The average molecular weight is 349 g/mol. The lowest BCUT2D eigenvalue weighted by Crippen LogP contribution is -2.02. The van der Waals surface area contributed by atoms with E-state index in [1.807, 2.05) is 54.8 Å². The van der Waals surface area contributed by atoms with Gasteiger partial charge in [-0.2, -0.15) is 0 Å². The van der Waals surface area contributed by atoms with Gasteiger partial charge >= 0.3 is 0 Å². The normalized spacial score (nSPS) is 10.5. The minimum atomic E-state index is -0.0397. The summed E-state index contributed by atoms with van der Waals surface area (Å²) in [5.74, 6) is 0.719. The maximum absolute atomic E-state index is 12.0. The van der Waals surface area contributed by atoms with Gasteiger partial charge in [0, 0.05) is 16.5 Å². The largest absolute Gasteiger partial charge is 0.486 e. The lowest BCUT2D eigenvalue weighted by molar-refractivity contribution is 0.103. The first-order chi connectivity index (χ1) is 12.0. The third kappa shape index (κ3) is 4.03. The van der Waals surface area contributed by atoms with Gasteiger partial charge in [0.1, 0.15) is 17.4 Å². The van der Waals surface area contributed by atoms with Crippen molar-refractivity contribution < 1.29 is 9.53 Å². The molecule has 1 aromatic heterocycles. The smallest absolute Gasteiger partial charge is 0.188 e. The molecule has 0 saturated carbocycles. The van der Waals surface area contributed by atoms with Crippen molar-refractivity contribution in [1.82, 2.24) is 4.98 Å². The Balaban J connectivity index is 1.69. The van der Waals surface area contributed by atoms with Gasteiger partial charge in [-0.25, -0.2) is 4.98 Å². The topological polar surface area (TPSA) is 39.2 Å². The molecule has 3 rings (SSSR count). The third-order valence-corrected chi connectivity index (χ3v) is 4.62. The van der Waals surface area contributed by atoms with Crippen LogP contribution in [0.5, 0.6) is 5.75 Å². The maximum atomic E-state index is 12.0. The van der Waals surface area contributed by atoms with Gasteiger partial charge in [0.05, 0.1) is 5.69 Å². The van der Waals surface area contributed by atoms with Gasteiger partial charge in [-0.1, -0.05) is 36.9 Å². The molecule has 2 aromatic carbocycles. The number of aromatic nitrogens is 1. The van der Waals surface area contributed by atoms with Gasteiger partial charge in [-0.15, -0.1) is 11.3 Å². The van der Waals surface area contributed by atoms with Crippen LogP contribution in [-0.4, -0.2) is 10.8 Å². The highest BCUT2D eigenvalue weighted by Gasteiger charge is 2.10. The Hall–Kier alpha value is -2.72. The van der Waals surface area contributed by atoms with Crippen LogP contribution < -0.4 is 4.74 Å². The lowest BCUT2D eigenvalue weighted by Gasteiger charge is -2.09. The molecule has 0 spiro atoms. The summed E-state index contributed by atoms with van der Waals surface area (Å²) in [6, 6.07) is 15.5. The van der Waals surface area contributed by atoms with E-state index in [4.69, 9.17) is 4.74 Å². The first kappa shape index (κ1) is 17.1. The van der Waals surface area contributed by atoms with Gasteiger partial charge in [0.25, 0.3) is 0 Å². The van der Waals surface area contributed by atoms with Crippen molar-refractivity contribution in [3.63, 3.8) is 0 Å². The van der Waals surface area contributed by atoms with Crippen LogP contribution in [0.3, 0.4) is 0 Å². The predicted molar refractivity (Wildman–Crippen MR) is 102 cm³/mol. The first-order valence-electron chi connectivity index (χ1n) is 7.98. The van der Waals surface area contributed by atoms with Gasteiger partial charge in [0.15, 0.2) is 5.78 Å². The molecule has 0 amide bonds. The second kappa shape index (κ2) is 7.45. The number of ketones is 1. The molecule has 0 bridgehead atoms. The van der Waals surface area contributed by atoms with E-state index in [0.29, 0.717) is 17.7 Å². The summed E-state index contributed by atoms with van der Waals surface area (Å²) >= 11 is 1.58. The third-order valence-electron chi connectivity index (χ3n) is 3.80. The van der Waals surface area contributed by atoms with E-state index in [9.17, 15) is 4.79 Å². The number of Topliss-reactive ketones (excluding diaryl/α,β-unsaturated/α-hetero) is 1. The Morgan fingerprint density at radius 3 is 2.64 bits per heavy atom. The zero-order valence-corrected chi connectivity index (χ0v) is 15.1. The molecular formula is C21H19NO2S. The van der Waals surface area contributed by atoms with E-state index >= 15 is 0 Å². The summed E-state index contributed by atoms with van der Waals surface area (Å²) in [6.07, 6.45) is 0. The van der Waals surface area contributed by atoms with E-state index in [2.05, 4.69) is 11.6 Å². The zero-order chi connectivity index (χ0) is 17.8. The molecule has 0 aliphatic carbocycles. The average Bonchev–Trinajstić information content (AvgIpc) is 3.09. The van der Waals surface area contributed by atoms with Crippen LogP contribution in [0.4, 0.5) is 0 Å². The fraction of sp³-hybridized carbons (Fsp3) is 0.143. The Bertz CT molecular complexity index is 913. The minimum absolute atomic E-state index is 0.0397. The van der Waals surface area contributed by atoms with E-state index in [1.54, 1.807) is 24.3 Å². The van der Waals surface area contributed by atoms with Crippen LogP contribution in [-0.2, 0) is 6.61 Å². The van der Waals surface area contributed by atoms with Crippen molar-refractivity contribution in [3.05, 3.63) is 82.2 Å². The molecule has 3 nitrogen and oxygen atoms in total. The molecule has 0 atom stereocenters. The Kier molecular flexibility index (Phi) is 5.10. The number of hydrogen-bond acceptors (Lipinski definition) is 4. The number of thiazole rings is 1. The predicted octanol–water partition coefficient (Wildman–Crippen LogP) is 5.46. The highest BCUT2D eigenvalue weighted by molar-refractivity contribution is 7.09. The number of allylic oxidation sites excluding steroid dienone is 1. The number of nitrogens with zero attached hydrogens (tertiary/aromatic N) is 1. The van der Waals surface area contributed by atoms with Crippen molar-refractivity contribution >= 4 is 17.1 Å². The van der Waals surface area contributed by atoms with Gasteiger partial charge in [-0.3, -0.25) is 4.79 Å². The Morgan fingerprint density at radius 2 is 1.96 bits per heavy atom. The van der Waals surface area contributed by atoms with Crippen LogP contribution in [0, 0.1) is 6.92 Å². The zero-order valence-electron chi connectivity index (χ0n) is 14.3. The molecule has 0 aliphatic heterocycles. The van der Waals surface area contributed by atoms with Crippen LogP contribution in [0.15, 0.2) is 66.1 Å². The number of ether oxygens (including phenoxy) is 1. The molecule has 0 unspecified atom stereocenters. The van der Waals surface area contributed by atoms with Crippen LogP contribution in [0.25, 0.3) is 11.3 Å². The van der Waals surface area contributed by atoms with E-state index < -0.39 is 0 Å². The molecule has 0 N–H and O–H groups in total. The summed E-state index contributed by atoms with van der Waals surface area (Å²) in [4.78, 5) is 16.6. The molecule has 126 valence electrons. The fourth-order valence-corrected chi connectivity index (χ4v) is 3.17. The lowest BCUT2D eigenvalue weighted by atomic mass is 10.0. The highest BCUT2D eigenvalue weighted by Crippen LogP contribution is 2.25. The van der Waals surface area contributed by atoms with Crippen molar-refractivity contribution in [2.24, 2.45) is 0 Å². The number of aryl methyl sites for hydroxylation is 1. The molecule has 3 aromatic rings. The number of rotatable bonds is 6. The van der Waals surface area contributed by atoms with Crippen LogP contribution >= 0.6 is 11.3 Å². The van der Waals surface area contributed by atoms with Gasteiger partial charge < -0.3 is 4.74 Å². The van der Waals surface area contributed by atoms with E-state index in [-0.39, 0.29) is 5.78 Å². The summed E-state index contributed by atoms with van der Waals surface area (Å²) in [7, 11) is 0. The maximum Gasteiger partial charge on any atom is 0.188 e. The van der Waals surface area contributed by atoms with E-state index in [0.717, 1.165) is 27.6 Å². The molecule has 4 heteroatoms. The number of benzene rings is 2. The number of carbonyl (C=O) groups excluding carboxylic acids is 1. The van der Waals surface area contributed by atoms with Crippen molar-refractivity contribution in [2.75, 3.05) is 0 Å². The number of hydrogen-bond donors (Lipinski definition) is 0. The molecule has 0 fully saturated rings. The SMILES string of the molecule is C=C(C)C(=O)c1ccc(OCc2nc(-c3ccccc3)cs2)c(C)c1. The summed E-state index contributed by atoms with van der Waals surface area (Å²) in [5, 5.41) is 2.95. The monoisotopic (exact) mass is 349 g/mol. The first-order valence-corrected chi connectivity index (χ1v) is 8.86. The molecule has 0 saturated heterocycles. The Labute approximate surface area is 151 Å². The molecule has 0 aliphatic rings. The van der Waals surface area contributed by atoms with Crippen LogP contribution in [0.2, 0.25) is 0 Å². The summed E-state index contributed by atoms with van der Waals surface area (Å²) in [5.41, 5.74) is 4.15. The molecular weight excluding hydrogens is 330 g/mol. The Morgan fingerprint density at radius 1 is 1.20 bits per heavy atom. The molecule has 0 radical (unpaired) electrons. The molecule has 1 heterocycles. The van der Waals surface area contributed by atoms with Crippen molar-refractivity contribution in [2.45, 2.75) is 20.5 Å². The second-order valence-electron chi connectivity index (χ2n) is 5.87. The summed E-state index contributed by atoms with van der Waals surface area (Å²) < 4.78 is 5.88. The number of carbonyl (C=O) groups is 1. The molecule has 25 heavy (non-hydrogen) atoms. The quantitative estimate of drug-likeness (QED) is 0.438. The van der Waals surface area contributed by atoms with Crippen molar-refractivity contribution in [1.29, 1.82) is 0 Å². The highest BCUT2D eigenvalue weighted by atomic mass is 32.1.